The number of Topliss-reactive ketones (excluding diaryl/α,β-unsaturated/α-hetero) is 1. The zero-order valence-electron chi connectivity index (χ0n) is 22.3. The number of nitrogens with zero attached hydrogens (tertiary/aromatic N) is 3. The molecule has 2 aromatic rings. The summed E-state index contributed by atoms with van der Waals surface area (Å²) in [6.07, 6.45) is 0. The standard InChI is InChI=1S/C27H35BrFN3O4/c1-9-35-21-13-17-14-32(26(30-28)22(17)23(29)25(21)36-10-2)15-20(33)16-11-18(27(3,4)5)24(34-8)19(12-16)31(6)7/h11-13H,9-10,14-15H2,1-8H3. The van der Waals surface area contributed by atoms with E-state index >= 15 is 4.39 Å². The highest BCUT2D eigenvalue weighted by atomic mass is 79.9. The molecule has 0 aromatic heterocycles. The van der Waals surface area contributed by atoms with Crippen LogP contribution in [0.3, 0.4) is 0 Å². The third kappa shape index (κ3) is 5.31. The Hall–Kier alpha value is -2.81. The lowest BCUT2D eigenvalue weighted by Gasteiger charge is -2.27. The van der Waals surface area contributed by atoms with Crippen LogP contribution in [0.5, 0.6) is 17.2 Å². The Bertz CT molecular complexity index is 1170. The molecular formula is C27H35BrFN3O4. The van der Waals surface area contributed by atoms with Crippen LogP contribution in [0.2, 0.25) is 0 Å². The topological polar surface area (TPSA) is 63.6 Å². The van der Waals surface area contributed by atoms with Crippen LogP contribution in [-0.4, -0.2) is 57.5 Å². The molecule has 0 unspecified atom stereocenters. The van der Waals surface area contributed by atoms with E-state index < -0.39 is 5.82 Å². The van der Waals surface area contributed by atoms with E-state index in [0.717, 1.165) is 17.0 Å². The van der Waals surface area contributed by atoms with Crippen molar-refractivity contribution in [3.8, 4) is 17.2 Å². The van der Waals surface area contributed by atoms with Crippen molar-refractivity contribution in [1.29, 1.82) is 0 Å². The molecule has 7 nitrogen and oxygen atoms in total. The van der Waals surface area contributed by atoms with Crippen molar-refractivity contribution in [2.45, 2.75) is 46.6 Å². The molecule has 0 amide bonds. The number of anilines is 1. The molecular weight excluding hydrogens is 529 g/mol. The van der Waals surface area contributed by atoms with Crippen LogP contribution in [-0.2, 0) is 12.0 Å². The molecule has 0 N–H and O–H groups in total. The second-order valence-corrected chi connectivity index (χ2v) is 10.2. The first-order chi connectivity index (χ1) is 17.0. The average molecular weight is 564 g/mol. The quantitative estimate of drug-likeness (QED) is 0.362. The Morgan fingerprint density at radius 1 is 1.14 bits per heavy atom. The summed E-state index contributed by atoms with van der Waals surface area (Å²) in [5.74, 6) is 0.842. The second-order valence-electron chi connectivity index (χ2n) is 9.83. The van der Waals surface area contributed by atoms with Gasteiger partial charge < -0.3 is 24.0 Å². The van der Waals surface area contributed by atoms with Gasteiger partial charge in [0.05, 0.1) is 54.3 Å². The smallest absolute Gasteiger partial charge is 0.197 e. The van der Waals surface area contributed by atoms with E-state index in [-0.39, 0.29) is 23.5 Å². The van der Waals surface area contributed by atoms with Gasteiger partial charge in [-0.15, -0.1) is 0 Å². The minimum absolute atomic E-state index is 0.0231. The number of halogens is 2. The molecule has 0 aliphatic carbocycles. The molecule has 0 bridgehead atoms. The molecule has 0 saturated carbocycles. The van der Waals surface area contributed by atoms with Gasteiger partial charge in [-0.2, -0.15) is 4.02 Å². The van der Waals surface area contributed by atoms with Gasteiger partial charge in [-0.25, -0.2) is 4.39 Å². The van der Waals surface area contributed by atoms with E-state index in [0.29, 0.717) is 48.0 Å². The molecule has 3 rings (SSSR count). The number of amidine groups is 1. The van der Waals surface area contributed by atoms with Crippen molar-refractivity contribution in [1.82, 2.24) is 4.90 Å². The number of methoxy groups -OCH3 is 1. The first kappa shape index (κ1) is 27.8. The zero-order chi connectivity index (χ0) is 26.8. The molecule has 0 atom stereocenters. The SMILES string of the molecule is CCOc1cc2c(c(F)c1OCC)C(=NBr)N(CC(=O)c1cc(N(C)C)c(OC)c(C(C)(C)C)c1)C2. The van der Waals surface area contributed by atoms with Crippen molar-refractivity contribution >= 4 is 33.5 Å². The molecule has 36 heavy (non-hydrogen) atoms. The number of hydrogen-bond acceptors (Lipinski definition) is 6. The summed E-state index contributed by atoms with van der Waals surface area (Å²) in [4.78, 5) is 17.3. The average Bonchev–Trinajstić information content (AvgIpc) is 3.16. The largest absolute Gasteiger partial charge is 0.494 e. The minimum Gasteiger partial charge on any atom is -0.494 e. The van der Waals surface area contributed by atoms with Crippen LogP contribution in [0, 0.1) is 5.82 Å². The third-order valence-corrected chi connectivity index (χ3v) is 6.38. The first-order valence-electron chi connectivity index (χ1n) is 12.0. The van der Waals surface area contributed by atoms with Crippen molar-refractivity contribution in [3.05, 3.63) is 46.3 Å². The molecule has 0 spiro atoms. The van der Waals surface area contributed by atoms with Gasteiger partial charge in [-0.3, -0.25) is 4.79 Å². The summed E-state index contributed by atoms with van der Waals surface area (Å²) in [5.41, 5.74) is 3.07. The molecule has 2 aromatic carbocycles. The van der Waals surface area contributed by atoms with E-state index in [4.69, 9.17) is 14.2 Å². The van der Waals surface area contributed by atoms with E-state index in [1.54, 1.807) is 25.0 Å². The summed E-state index contributed by atoms with van der Waals surface area (Å²) in [6.45, 7) is 10.9. The molecule has 196 valence electrons. The fourth-order valence-electron chi connectivity index (χ4n) is 4.37. The molecule has 9 heteroatoms. The Balaban J connectivity index is 2.01. The summed E-state index contributed by atoms with van der Waals surface area (Å²) < 4.78 is 36.7. The lowest BCUT2D eigenvalue weighted by atomic mass is 9.84. The van der Waals surface area contributed by atoms with Gasteiger partial charge in [0, 0.05) is 31.8 Å². The molecule has 0 saturated heterocycles. The van der Waals surface area contributed by atoms with E-state index in [1.807, 2.05) is 38.1 Å². The van der Waals surface area contributed by atoms with Crippen LogP contribution in [0.15, 0.2) is 22.2 Å². The molecule has 1 aliphatic rings. The third-order valence-electron chi connectivity index (χ3n) is 6.04. The highest BCUT2D eigenvalue weighted by Gasteiger charge is 2.34. The minimum atomic E-state index is -0.541. The number of fused-ring (bicyclic) bond motifs is 1. The van der Waals surface area contributed by atoms with E-state index in [2.05, 4.69) is 40.9 Å². The van der Waals surface area contributed by atoms with E-state index in [9.17, 15) is 4.79 Å². The van der Waals surface area contributed by atoms with Gasteiger partial charge in [0.15, 0.2) is 23.1 Å². The van der Waals surface area contributed by atoms with E-state index in [1.165, 1.54) is 0 Å². The summed E-state index contributed by atoms with van der Waals surface area (Å²) in [5, 5.41) is 0. The van der Waals surface area contributed by atoms with Gasteiger partial charge >= 0.3 is 0 Å². The predicted octanol–water partition coefficient (Wildman–Crippen LogP) is 5.75. The van der Waals surface area contributed by atoms with Crippen LogP contribution in [0.4, 0.5) is 10.1 Å². The molecule has 1 heterocycles. The number of rotatable bonds is 9. The summed E-state index contributed by atoms with van der Waals surface area (Å²) >= 11 is 3.14. The van der Waals surface area contributed by atoms with Gasteiger partial charge in [-0.1, -0.05) is 20.8 Å². The van der Waals surface area contributed by atoms with Crippen molar-refractivity contribution < 1.29 is 23.4 Å². The second kappa shape index (κ2) is 11.1. The number of ketones is 1. The van der Waals surface area contributed by atoms with Crippen LogP contribution in [0.25, 0.3) is 0 Å². The van der Waals surface area contributed by atoms with Gasteiger partial charge in [0.2, 0.25) is 0 Å². The normalized spacial score (nSPS) is 14.2. The van der Waals surface area contributed by atoms with Gasteiger partial charge in [0.1, 0.15) is 11.6 Å². The summed E-state index contributed by atoms with van der Waals surface area (Å²) in [6, 6.07) is 5.50. The highest BCUT2D eigenvalue weighted by Crippen LogP contribution is 2.41. The fourth-order valence-corrected chi connectivity index (χ4v) is 4.78. The molecule has 0 radical (unpaired) electrons. The lowest BCUT2D eigenvalue weighted by Crippen LogP contribution is -2.31. The van der Waals surface area contributed by atoms with Crippen LogP contribution in [0.1, 0.15) is 61.7 Å². The molecule has 0 fully saturated rings. The van der Waals surface area contributed by atoms with Crippen LogP contribution >= 0.6 is 16.1 Å². The van der Waals surface area contributed by atoms with Crippen LogP contribution < -0.4 is 19.1 Å². The maximum atomic E-state index is 15.6. The Labute approximate surface area is 221 Å². The zero-order valence-corrected chi connectivity index (χ0v) is 23.9. The van der Waals surface area contributed by atoms with Gasteiger partial charge in [-0.05, 0) is 43.0 Å². The Morgan fingerprint density at radius 2 is 1.81 bits per heavy atom. The maximum absolute atomic E-state index is 15.6. The molecule has 1 aliphatic heterocycles. The number of hydrogen-bond donors (Lipinski definition) is 0. The summed E-state index contributed by atoms with van der Waals surface area (Å²) in [7, 11) is 5.47. The Kier molecular flexibility index (Phi) is 8.54. The monoisotopic (exact) mass is 563 g/mol. The number of ether oxygens (including phenoxy) is 3. The number of benzene rings is 2. The number of carbonyl (C=O) groups is 1. The van der Waals surface area contributed by atoms with Crippen molar-refractivity contribution in [2.24, 2.45) is 4.02 Å². The van der Waals surface area contributed by atoms with Crippen molar-refractivity contribution in [3.63, 3.8) is 0 Å². The first-order valence-corrected chi connectivity index (χ1v) is 12.7. The fraction of sp³-hybridized carbons (Fsp3) is 0.481. The predicted molar refractivity (Wildman–Crippen MR) is 145 cm³/mol. The number of carbonyl (C=O) groups excluding carboxylic acids is 1. The maximum Gasteiger partial charge on any atom is 0.197 e. The van der Waals surface area contributed by atoms with Gasteiger partial charge in [0.25, 0.3) is 0 Å². The lowest BCUT2D eigenvalue weighted by molar-refractivity contribution is 0.0963. The Morgan fingerprint density at radius 3 is 2.33 bits per heavy atom. The highest BCUT2D eigenvalue weighted by molar-refractivity contribution is 9.08. The van der Waals surface area contributed by atoms with Crippen molar-refractivity contribution in [2.75, 3.05) is 45.9 Å².